The maximum absolute atomic E-state index is 12.6. The molecule has 2 fully saturated rings. The molecule has 2 aliphatic rings. The van der Waals surface area contributed by atoms with Crippen LogP contribution in [0.4, 0.5) is 0 Å². The van der Waals surface area contributed by atoms with E-state index in [0.717, 1.165) is 27.6 Å². The number of ether oxygens (including phenoxy) is 2. The molecule has 1 saturated heterocycles. The lowest BCUT2D eigenvalue weighted by atomic mass is 9.94. The van der Waals surface area contributed by atoms with Crippen molar-refractivity contribution in [1.29, 1.82) is 0 Å². The second kappa shape index (κ2) is 10.5. The van der Waals surface area contributed by atoms with E-state index in [2.05, 4.69) is 16.0 Å². The Morgan fingerprint density at radius 3 is 2.59 bits per heavy atom. The Morgan fingerprint density at radius 2 is 1.90 bits per heavy atom. The summed E-state index contributed by atoms with van der Waals surface area (Å²) in [7, 11) is 0. The second-order valence-corrected chi connectivity index (χ2v) is 13.2. The Hall–Kier alpha value is -3.34. The third kappa shape index (κ3) is 5.02. The molecule has 14 heteroatoms. The van der Waals surface area contributed by atoms with Crippen molar-refractivity contribution in [1.82, 2.24) is 14.6 Å². The predicted molar refractivity (Wildman–Crippen MR) is 152 cm³/mol. The van der Waals surface area contributed by atoms with Crippen LogP contribution in [-0.4, -0.2) is 61.3 Å². The van der Waals surface area contributed by atoms with Crippen molar-refractivity contribution < 1.29 is 33.5 Å². The van der Waals surface area contributed by atoms with E-state index in [4.69, 9.17) is 36.8 Å². The molecule has 0 amide bonds. The summed E-state index contributed by atoms with van der Waals surface area (Å²) < 4.78 is 24.3. The van der Waals surface area contributed by atoms with Gasteiger partial charge >= 0.3 is 18.3 Å². The molecule has 2 heterocycles. The van der Waals surface area contributed by atoms with Gasteiger partial charge < -0.3 is 24.2 Å². The van der Waals surface area contributed by atoms with Gasteiger partial charge in [-0.1, -0.05) is 42.3 Å². The van der Waals surface area contributed by atoms with Crippen LogP contribution < -0.4 is 20.9 Å². The van der Waals surface area contributed by atoms with E-state index in [1.807, 2.05) is 30.3 Å². The number of benzene rings is 2. The highest BCUT2D eigenvalue weighted by atomic mass is 32.5. The number of hydrogen-bond acceptors (Lipinski definition) is 10. The number of fused-ring (bicyclic) bond motifs is 2. The SMILES string of the molecule is C#C[C@]1(O)[C@H](n2ccc(=O)[nH]c2=O)O[C@@H]2C(OP(=S)(NC(C)C(=O)OC(C)C)Oc3cccc4ccccc34)[C@@]21O. The zero-order chi connectivity index (χ0) is 29.7. The highest BCUT2D eigenvalue weighted by Crippen LogP contribution is 2.64. The molecule has 0 spiro atoms. The molecule has 5 rings (SSSR count). The van der Waals surface area contributed by atoms with Gasteiger partial charge in [0.05, 0.1) is 6.10 Å². The Morgan fingerprint density at radius 1 is 1.20 bits per heavy atom. The fraction of sp³-hybridized carbons (Fsp3) is 0.370. The van der Waals surface area contributed by atoms with Crippen molar-refractivity contribution in [2.45, 2.75) is 62.6 Å². The van der Waals surface area contributed by atoms with Crippen molar-refractivity contribution in [2.75, 3.05) is 0 Å². The molecule has 1 aromatic heterocycles. The molecular formula is C27H28N3O9PS. The fourth-order valence-corrected chi connectivity index (χ4v) is 7.53. The van der Waals surface area contributed by atoms with Gasteiger partial charge in [-0.25, -0.2) is 9.88 Å². The van der Waals surface area contributed by atoms with Crippen molar-refractivity contribution in [3.8, 4) is 18.1 Å². The molecule has 216 valence electrons. The van der Waals surface area contributed by atoms with Gasteiger partial charge in [-0.15, -0.1) is 6.42 Å². The topological polar surface area (TPSA) is 161 Å². The number of carbonyl (C=O) groups is 1. The first-order chi connectivity index (χ1) is 19.3. The third-order valence-electron chi connectivity index (χ3n) is 6.88. The first-order valence-corrected chi connectivity index (χ1v) is 15.3. The van der Waals surface area contributed by atoms with Crippen LogP contribution in [0.25, 0.3) is 10.8 Å². The van der Waals surface area contributed by atoms with Crippen LogP contribution in [0.3, 0.4) is 0 Å². The fourth-order valence-electron chi connectivity index (χ4n) is 4.82. The first-order valence-electron chi connectivity index (χ1n) is 12.7. The molecule has 4 N–H and O–H groups in total. The van der Waals surface area contributed by atoms with Crippen LogP contribution in [0, 0.1) is 12.3 Å². The van der Waals surface area contributed by atoms with Gasteiger partial charge in [0.1, 0.15) is 24.0 Å². The number of hydrogen-bond donors (Lipinski definition) is 4. The number of aromatic amines is 1. The Labute approximate surface area is 239 Å². The number of aromatic nitrogens is 2. The molecule has 1 saturated carbocycles. The normalized spacial score (nSPS) is 28.9. The lowest BCUT2D eigenvalue weighted by Crippen LogP contribution is -2.52. The minimum Gasteiger partial charge on any atom is -0.462 e. The van der Waals surface area contributed by atoms with Crippen molar-refractivity contribution in [2.24, 2.45) is 0 Å². The van der Waals surface area contributed by atoms with E-state index < -0.39 is 59.5 Å². The number of nitrogens with one attached hydrogen (secondary N) is 2. The Balaban J connectivity index is 1.47. The predicted octanol–water partition coefficient (Wildman–Crippen LogP) is 1.31. The van der Waals surface area contributed by atoms with Crippen LogP contribution in [0.5, 0.6) is 5.75 Å². The van der Waals surface area contributed by atoms with Gasteiger partial charge in [-0.3, -0.25) is 23.7 Å². The summed E-state index contributed by atoms with van der Waals surface area (Å²) in [5, 5.41) is 27.5. The summed E-state index contributed by atoms with van der Waals surface area (Å²) in [6.07, 6.45) is 2.27. The van der Waals surface area contributed by atoms with Crippen LogP contribution >= 0.6 is 6.64 Å². The van der Waals surface area contributed by atoms with Gasteiger partial charge in [-0.2, -0.15) is 0 Å². The highest BCUT2D eigenvalue weighted by Gasteiger charge is 2.85. The highest BCUT2D eigenvalue weighted by molar-refractivity contribution is 8.09. The molecule has 2 aromatic carbocycles. The molecule has 1 aliphatic carbocycles. The molecule has 7 atom stereocenters. The van der Waals surface area contributed by atoms with E-state index in [1.54, 1.807) is 26.0 Å². The van der Waals surface area contributed by atoms with Crippen LogP contribution in [0.1, 0.15) is 27.0 Å². The monoisotopic (exact) mass is 601 g/mol. The number of aliphatic hydroxyl groups is 2. The minimum atomic E-state index is -3.72. The smallest absolute Gasteiger partial charge is 0.330 e. The summed E-state index contributed by atoms with van der Waals surface area (Å²) >= 11 is 5.82. The van der Waals surface area contributed by atoms with E-state index in [0.29, 0.717) is 5.75 Å². The average Bonchev–Trinajstić information content (AvgIpc) is 3.38. The maximum Gasteiger partial charge on any atom is 0.330 e. The summed E-state index contributed by atoms with van der Waals surface area (Å²) in [6, 6.07) is 12.8. The zero-order valence-electron chi connectivity index (χ0n) is 22.2. The van der Waals surface area contributed by atoms with Gasteiger partial charge in [-0.05, 0) is 44.0 Å². The van der Waals surface area contributed by atoms with Gasteiger partial charge in [0.25, 0.3) is 5.56 Å². The van der Waals surface area contributed by atoms with E-state index in [-0.39, 0.29) is 6.10 Å². The third-order valence-corrected chi connectivity index (χ3v) is 9.32. The number of esters is 1. The van der Waals surface area contributed by atoms with Crippen molar-refractivity contribution in [3.05, 3.63) is 75.6 Å². The molecule has 0 bridgehead atoms. The molecule has 1 aliphatic heterocycles. The Kier molecular flexibility index (Phi) is 7.46. The molecule has 12 nitrogen and oxygen atoms in total. The van der Waals surface area contributed by atoms with Gasteiger partial charge in [0.15, 0.2) is 11.8 Å². The number of nitrogens with zero attached hydrogens (tertiary/aromatic N) is 1. The molecule has 41 heavy (non-hydrogen) atoms. The van der Waals surface area contributed by atoms with Crippen LogP contribution in [-0.2, 0) is 30.6 Å². The number of rotatable bonds is 9. The van der Waals surface area contributed by atoms with Gasteiger partial charge in [0, 0.05) is 17.6 Å². The molecule has 3 unspecified atom stereocenters. The molecule has 3 aromatic rings. The van der Waals surface area contributed by atoms with E-state index in [1.165, 1.54) is 6.92 Å². The summed E-state index contributed by atoms with van der Waals surface area (Å²) in [5.74, 6) is 1.87. The maximum atomic E-state index is 12.6. The lowest BCUT2D eigenvalue weighted by Gasteiger charge is -2.33. The summed E-state index contributed by atoms with van der Waals surface area (Å²) in [4.78, 5) is 38.6. The number of terminal acetylenes is 1. The largest absolute Gasteiger partial charge is 0.462 e. The Bertz CT molecular complexity index is 1710. The van der Waals surface area contributed by atoms with Crippen molar-refractivity contribution >= 4 is 35.2 Å². The van der Waals surface area contributed by atoms with Crippen molar-refractivity contribution in [3.63, 3.8) is 0 Å². The summed E-state index contributed by atoms with van der Waals surface area (Å²) in [5.41, 5.74) is -6.24. The van der Waals surface area contributed by atoms with Gasteiger partial charge in [0.2, 0.25) is 5.60 Å². The second-order valence-electron chi connectivity index (χ2n) is 10.1. The first kappa shape index (κ1) is 29.2. The minimum absolute atomic E-state index is 0.354. The average molecular weight is 602 g/mol. The molecule has 0 radical (unpaired) electrons. The molecular weight excluding hydrogens is 573 g/mol. The zero-order valence-corrected chi connectivity index (χ0v) is 23.9. The van der Waals surface area contributed by atoms with E-state index in [9.17, 15) is 24.6 Å². The lowest BCUT2D eigenvalue weighted by molar-refractivity contribution is -0.149. The summed E-state index contributed by atoms with van der Waals surface area (Å²) in [6.45, 7) is 1.21. The number of carbonyl (C=O) groups excluding carboxylic acids is 1. The van der Waals surface area contributed by atoms with Crippen LogP contribution in [0.2, 0.25) is 0 Å². The van der Waals surface area contributed by atoms with E-state index >= 15 is 0 Å². The number of H-pyrrole nitrogens is 1. The standard InChI is InChI=1S/C27H28N3O9PS/c1-5-26(34)24(30-14-13-20(31)28-25(30)33)37-21-22(27(21,26)35)39-40(41,29-16(4)23(32)36-15(2)3)38-19-12-8-10-17-9-6-7-11-18(17)19/h1,6-16,21-22,24,34-35H,2-4H3,(H,29,41)(H,28,31,33)/t16?,21-,22?,24-,26+,27+,40?/m1/s1. The quantitative estimate of drug-likeness (QED) is 0.159. The van der Waals surface area contributed by atoms with Crippen LogP contribution in [0.15, 0.2) is 64.3 Å².